The number of hydrogen-bond donors (Lipinski definition) is 3. The predicted molar refractivity (Wildman–Crippen MR) is 142 cm³/mol. The Labute approximate surface area is 227 Å². The molecule has 1 saturated carbocycles. The molecule has 11 nitrogen and oxygen atoms in total. The van der Waals surface area contributed by atoms with Crippen molar-refractivity contribution in [1.82, 2.24) is 20.0 Å². The topological polar surface area (TPSA) is 143 Å². The molecule has 3 N–H and O–H groups in total. The zero-order valence-corrected chi connectivity index (χ0v) is 22.4. The lowest BCUT2D eigenvalue weighted by atomic mass is 10.0. The van der Waals surface area contributed by atoms with Gasteiger partial charge in [0.05, 0.1) is 54.6 Å². The fourth-order valence-electron chi connectivity index (χ4n) is 4.93. The molecular weight excluding hydrogens is 524 g/mol. The number of amides is 1. The summed E-state index contributed by atoms with van der Waals surface area (Å²) in [7, 11) is -4.16. The van der Waals surface area contributed by atoms with Gasteiger partial charge < -0.3 is 19.9 Å². The van der Waals surface area contributed by atoms with Gasteiger partial charge in [0.1, 0.15) is 6.10 Å². The van der Waals surface area contributed by atoms with E-state index < -0.39 is 28.3 Å². The molecule has 0 radical (unpaired) electrons. The number of aromatic amines is 1. The van der Waals surface area contributed by atoms with Gasteiger partial charge >= 0.3 is 6.09 Å². The first-order chi connectivity index (χ1) is 18.9. The van der Waals surface area contributed by atoms with Crippen LogP contribution in [-0.2, 0) is 30.8 Å². The molecule has 1 saturated heterocycles. The van der Waals surface area contributed by atoms with Crippen LogP contribution < -0.4 is 5.32 Å². The number of aliphatic hydroxyl groups is 1. The van der Waals surface area contributed by atoms with Gasteiger partial charge in [0, 0.05) is 11.8 Å². The molecule has 3 unspecified atom stereocenters. The number of H-pyrrole nitrogens is 1. The standard InChI is InChI=1S/C27H34N4O7S/c32-26(25(14-19-6-2-1-3-7-19)29-27(33)37-22-12-13-36-18-22)17-31(38-21-8-4-5-9-21)39(34,35)23-11-10-20-16-28-30-24(20)15-23/h1-3,6-7,10-11,15-16,21-22,25-26,32H,4-5,8-9,12-14,17-18H2,(H,28,30)(H,29,33). The number of nitrogens with zero attached hydrogens (tertiary/aromatic N) is 2. The molecule has 2 heterocycles. The van der Waals surface area contributed by atoms with Crippen molar-refractivity contribution in [2.75, 3.05) is 19.8 Å². The van der Waals surface area contributed by atoms with Crippen LogP contribution in [0, 0.1) is 0 Å². The maximum atomic E-state index is 13.8. The Bertz CT molecular complexity index is 1340. The van der Waals surface area contributed by atoms with Gasteiger partial charge in [0.15, 0.2) is 0 Å². The third-order valence-corrected chi connectivity index (χ3v) is 8.73. The molecule has 3 atom stereocenters. The maximum absolute atomic E-state index is 13.8. The first kappa shape index (κ1) is 27.5. The van der Waals surface area contributed by atoms with Crippen LogP contribution in [0.25, 0.3) is 10.9 Å². The van der Waals surface area contributed by atoms with Crippen LogP contribution in [0.4, 0.5) is 4.79 Å². The molecule has 39 heavy (non-hydrogen) atoms. The lowest BCUT2D eigenvalue weighted by Crippen LogP contribution is -2.51. The second kappa shape index (κ2) is 12.4. The van der Waals surface area contributed by atoms with Crippen molar-refractivity contribution in [3.8, 4) is 0 Å². The summed E-state index contributed by atoms with van der Waals surface area (Å²) in [6.45, 7) is 0.453. The number of fused-ring (bicyclic) bond motifs is 1. The van der Waals surface area contributed by atoms with Crippen LogP contribution in [0.5, 0.6) is 0 Å². The van der Waals surface area contributed by atoms with Gasteiger partial charge in [0.2, 0.25) is 0 Å². The van der Waals surface area contributed by atoms with E-state index in [1.54, 1.807) is 12.3 Å². The summed E-state index contributed by atoms with van der Waals surface area (Å²) < 4.78 is 39.2. The highest BCUT2D eigenvalue weighted by molar-refractivity contribution is 7.89. The molecule has 1 aromatic heterocycles. The highest BCUT2D eigenvalue weighted by Gasteiger charge is 2.35. The Hall–Kier alpha value is -3.03. The Morgan fingerprint density at radius 2 is 1.95 bits per heavy atom. The van der Waals surface area contributed by atoms with Gasteiger partial charge in [0.25, 0.3) is 10.0 Å². The van der Waals surface area contributed by atoms with E-state index >= 15 is 0 Å². The number of carbonyl (C=O) groups is 1. The predicted octanol–water partition coefficient (Wildman–Crippen LogP) is 2.92. The third kappa shape index (κ3) is 6.95. The number of nitrogens with one attached hydrogen (secondary N) is 2. The number of hydrogen-bond acceptors (Lipinski definition) is 8. The lowest BCUT2D eigenvalue weighted by Gasteiger charge is -2.30. The molecule has 2 fully saturated rings. The van der Waals surface area contributed by atoms with Crippen LogP contribution >= 0.6 is 0 Å². The van der Waals surface area contributed by atoms with E-state index in [1.165, 1.54) is 12.1 Å². The molecule has 1 aliphatic carbocycles. The molecular formula is C27H34N4O7S. The van der Waals surface area contributed by atoms with Crippen LogP contribution in [0.1, 0.15) is 37.7 Å². The number of hydroxylamine groups is 1. The minimum atomic E-state index is -4.16. The first-order valence-corrected chi connectivity index (χ1v) is 14.7. The molecule has 0 spiro atoms. The summed E-state index contributed by atoms with van der Waals surface area (Å²) in [4.78, 5) is 18.7. The van der Waals surface area contributed by atoms with Gasteiger partial charge in [-0.05, 0) is 43.0 Å². The summed E-state index contributed by atoms with van der Waals surface area (Å²) >= 11 is 0. The lowest BCUT2D eigenvalue weighted by molar-refractivity contribution is -0.145. The van der Waals surface area contributed by atoms with Crippen molar-refractivity contribution in [2.24, 2.45) is 0 Å². The van der Waals surface area contributed by atoms with Gasteiger partial charge in [-0.15, -0.1) is 0 Å². The van der Waals surface area contributed by atoms with E-state index in [0.29, 0.717) is 25.2 Å². The highest BCUT2D eigenvalue weighted by atomic mass is 32.2. The summed E-state index contributed by atoms with van der Waals surface area (Å²) in [5, 5.41) is 21.6. The zero-order chi connectivity index (χ0) is 27.2. The molecule has 3 aromatic rings. The monoisotopic (exact) mass is 558 g/mol. The molecule has 2 aliphatic rings. The molecule has 2 aromatic carbocycles. The van der Waals surface area contributed by atoms with E-state index in [0.717, 1.165) is 41.1 Å². The average molecular weight is 559 g/mol. The Morgan fingerprint density at radius 1 is 1.15 bits per heavy atom. The van der Waals surface area contributed by atoms with E-state index in [4.69, 9.17) is 14.3 Å². The van der Waals surface area contributed by atoms with Gasteiger partial charge in [-0.1, -0.05) is 47.6 Å². The van der Waals surface area contributed by atoms with E-state index in [9.17, 15) is 18.3 Å². The smallest absolute Gasteiger partial charge is 0.407 e. The van der Waals surface area contributed by atoms with E-state index in [-0.39, 0.29) is 30.1 Å². The minimum Gasteiger partial charge on any atom is -0.444 e. The van der Waals surface area contributed by atoms with Crippen molar-refractivity contribution in [2.45, 2.75) is 67.8 Å². The quantitative estimate of drug-likeness (QED) is 0.305. The van der Waals surface area contributed by atoms with Crippen molar-refractivity contribution < 1.29 is 32.6 Å². The van der Waals surface area contributed by atoms with Crippen molar-refractivity contribution in [3.63, 3.8) is 0 Å². The normalized spacial score (nSPS) is 19.9. The van der Waals surface area contributed by atoms with Crippen molar-refractivity contribution in [1.29, 1.82) is 0 Å². The Balaban J connectivity index is 1.37. The number of alkyl carbamates (subject to hydrolysis) is 1. The van der Waals surface area contributed by atoms with Crippen molar-refractivity contribution in [3.05, 3.63) is 60.3 Å². The van der Waals surface area contributed by atoms with Gasteiger partial charge in [-0.25, -0.2) is 13.2 Å². The third-order valence-electron chi connectivity index (χ3n) is 7.11. The summed E-state index contributed by atoms with van der Waals surface area (Å²) in [5.74, 6) is 0. The summed E-state index contributed by atoms with van der Waals surface area (Å²) in [6.07, 6.45) is 3.16. The van der Waals surface area contributed by atoms with Crippen LogP contribution in [0.15, 0.2) is 59.6 Å². The Morgan fingerprint density at radius 3 is 2.69 bits per heavy atom. The molecule has 5 rings (SSSR count). The van der Waals surface area contributed by atoms with Crippen LogP contribution in [0.3, 0.4) is 0 Å². The number of rotatable bonds is 11. The number of benzene rings is 2. The second-order valence-corrected chi connectivity index (χ2v) is 11.8. The molecule has 210 valence electrons. The van der Waals surface area contributed by atoms with E-state index in [1.807, 2.05) is 30.3 Å². The summed E-state index contributed by atoms with van der Waals surface area (Å²) in [6, 6.07) is 13.1. The Kier molecular flexibility index (Phi) is 8.78. The van der Waals surface area contributed by atoms with Crippen LogP contribution in [0.2, 0.25) is 0 Å². The number of sulfonamides is 1. The maximum Gasteiger partial charge on any atom is 0.407 e. The fourth-order valence-corrected chi connectivity index (χ4v) is 6.25. The average Bonchev–Trinajstić information content (AvgIpc) is 3.71. The fraction of sp³-hybridized carbons (Fsp3) is 0.481. The SMILES string of the molecule is O=C(NC(Cc1ccccc1)C(O)CN(OC1CCCC1)S(=O)(=O)c1ccc2cn[nH]c2c1)OC1CCOC1. The molecule has 0 bridgehead atoms. The van der Waals surface area contributed by atoms with Gasteiger partial charge in [-0.2, -0.15) is 5.10 Å². The molecule has 1 aliphatic heterocycles. The minimum absolute atomic E-state index is 0.0117. The number of carbonyl (C=O) groups excluding carboxylic acids is 1. The van der Waals surface area contributed by atoms with Crippen molar-refractivity contribution >= 4 is 27.0 Å². The molecule has 12 heteroatoms. The highest BCUT2D eigenvalue weighted by Crippen LogP contribution is 2.27. The number of aliphatic hydroxyl groups excluding tert-OH is 1. The second-order valence-electron chi connectivity index (χ2n) is 10.0. The largest absolute Gasteiger partial charge is 0.444 e. The summed E-state index contributed by atoms with van der Waals surface area (Å²) in [5.41, 5.74) is 1.43. The zero-order valence-electron chi connectivity index (χ0n) is 21.6. The first-order valence-electron chi connectivity index (χ1n) is 13.3. The van der Waals surface area contributed by atoms with Gasteiger partial charge in [-0.3, -0.25) is 9.94 Å². The van der Waals surface area contributed by atoms with E-state index in [2.05, 4.69) is 15.5 Å². The number of aromatic nitrogens is 2. The molecule has 1 amide bonds. The number of ether oxygens (including phenoxy) is 2. The van der Waals surface area contributed by atoms with Crippen LogP contribution in [-0.4, -0.2) is 78.4 Å².